The Morgan fingerprint density at radius 2 is 2.00 bits per heavy atom. The van der Waals surface area contributed by atoms with E-state index in [4.69, 9.17) is 15.2 Å². The summed E-state index contributed by atoms with van der Waals surface area (Å²) >= 11 is 0. The molecular formula is C18H24N2O3. The van der Waals surface area contributed by atoms with Gasteiger partial charge in [0.05, 0.1) is 13.2 Å². The fourth-order valence-corrected chi connectivity index (χ4v) is 2.09. The molecule has 0 atom stereocenters. The average molecular weight is 316 g/mol. The number of aromatic nitrogens is 1. The highest BCUT2D eigenvalue weighted by Gasteiger charge is 2.05. The molecule has 0 fully saturated rings. The highest BCUT2D eigenvalue weighted by atomic mass is 16.5. The summed E-state index contributed by atoms with van der Waals surface area (Å²) in [6, 6.07) is 10.9. The van der Waals surface area contributed by atoms with Gasteiger partial charge in [0.25, 0.3) is 5.56 Å². The van der Waals surface area contributed by atoms with Crippen LogP contribution < -0.4 is 20.8 Å². The van der Waals surface area contributed by atoms with Gasteiger partial charge in [0, 0.05) is 24.5 Å². The van der Waals surface area contributed by atoms with Crippen LogP contribution in [-0.2, 0) is 6.54 Å². The molecule has 5 heteroatoms. The predicted molar refractivity (Wildman–Crippen MR) is 92.0 cm³/mol. The third kappa shape index (κ3) is 5.36. The maximum atomic E-state index is 12.3. The smallest absolute Gasteiger partial charge is 0.292 e. The van der Waals surface area contributed by atoms with Crippen molar-refractivity contribution in [1.82, 2.24) is 4.57 Å². The Balaban J connectivity index is 1.86. The van der Waals surface area contributed by atoms with Crippen LogP contribution in [0, 0.1) is 5.92 Å². The van der Waals surface area contributed by atoms with Gasteiger partial charge in [-0.2, -0.15) is 0 Å². The Labute approximate surface area is 136 Å². The lowest BCUT2D eigenvalue weighted by Gasteiger charge is -2.11. The van der Waals surface area contributed by atoms with E-state index in [-0.39, 0.29) is 5.56 Å². The summed E-state index contributed by atoms with van der Waals surface area (Å²) in [6.07, 6.45) is 2.49. The molecule has 2 rings (SSSR count). The normalized spacial score (nSPS) is 10.7. The van der Waals surface area contributed by atoms with Crippen molar-refractivity contribution in [3.8, 4) is 11.5 Å². The molecule has 0 saturated carbocycles. The SMILES string of the molecule is CC(C)COc1cccn(CCCOc2cccc(N)c2)c1=O. The second-order valence-electron chi connectivity index (χ2n) is 5.85. The molecule has 2 aromatic rings. The lowest BCUT2D eigenvalue weighted by molar-refractivity contribution is 0.264. The largest absolute Gasteiger partial charge is 0.493 e. The van der Waals surface area contributed by atoms with Crippen LogP contribution in [0.4, 0.5) is 5.69 Å². The molecule has 124 valence electrons. The van der Waals surface area contributed by atoms with Crippen LogP contribution in [0.25, 0.3) is 0 Å². The maximum Gasteiger partial charge on any atom is 0.292 e. The number of nitrogens with two attached hydrogens (primary N) is 1. The molecule has 0 bridgehead atoms. The molecule has 0 radical (unpaired) electrons. The van der Waals surface area contributed by atoms with E-state index < -0.39 is 0 Å². The van der Waals surface area contributed by atoms with Gasteiger partial charge >= 0.3 is 0 Å². The van der Waals surface area contributed by atoms with Crippen LogP contribution in [0.15, 0.2) is 47.4 Å². The summed E-state index contributed by atoms with van der Waals surface area (Å²) in [7, 11) is 0. The number of nitrogens with zero attached hydrogens (tertiary/aromatic N) is 1. The summed E-state index contributed by atoms with van der Waals surface area (Å²) in [5, 5.41) is 0. The minimum Gasteiger partial charge on any atom is -0.493 e. The highest BCUT2D eigenvalue weighted by Crippen LogP contribution is 2.14. The molecule has 0 unspecified atom stereocenters. The number of hydrogen-bond acceptors (Lipinski definition) is 4. The van der Waals surface area contributed by atoms with Crippen LogP contribution in [0.3, 0.4) is 0 Å². The first-order valence-electron chi connectivity index (χ1n) is 7.87. The molecule has 0 aliphatic heterocycles. The first-order valence-corrected chi connectivity index (χ1v) is 7.87. The summed E-state index contributed by atoms with van der Waals surface area (Å²) in [4.78, 5) is 12.3. The van der Waals surface area contributed by atoms with E-state index in [0.29, 0.717) is 37.1 Å². The third-order valence-corrected chi connectivity index (χ3v) is 3.23. The molecule has 0 spiro atoms. The molecule has 1 aromatic heterocycles. The number of rotatable bonds is 8. The van der Waals surface area contributed by atoms with E-state index in [1.807, 2.05) is 24.3 Å². The van der Waals surface area contributed by atoms with Gasteiger partial charge in [0.15, 0.2) is 5.75 Å². The number of aryl methyl sites for hydroxylation is 1. The molecule has 0 saturated heterocycles. The van der Waals surface area contributed by atoms with Gasteiger partial charge in [-0.3, -0.25) is 4.79 Å². The van der Waals surface area contributed by atoms with Crippen molar-refractivity contribution in [1.29, 1.82) is 0 Å². The summed E-state index contributed by atoms with van der Waals surface area (Å²) < 4.78 is 12.8. The van der Waals surface area contributed by atoms with E-state index in [0.717, 1.165) is 12.2 Å². The first-order chi connectivity index (χ1) is 11.1. The number of anilines is 1. The number of benzene rings is 1. The van der Waals surface area contributed by atoms with Gasteiger partial charge in [-0.25, -0.2) is 0 Å². The summed E-state index contributed by atoms with van der Waals surface area (Å²) in [5.74, 6) is 1.53. The van der Waals surface area contributed by atoms with Crippen molar-refractivity contribution in [3.63, 3.8) is 0 Å². The molecule has 23 heavy (non-hydrogen) atoms. The van der Waals surface area contributed by atoms with Crippen molar-refractivity contribution < 1.29 is 9.47 Å². The minimum atomic E-state index is -0.0999. The molecular weight excluding hydrogens is 292 g/mol. The molecule has 1 heterocycles. The van der Waals surface area contributed by atoms with E-state index in [1.54, 1.807) is 22.9 Å². The van der Waals surface area contributed by atoms with Crippen LogP contribution in [0.5, 0.6) is 11.5 Å². The first kappa shape index (κ1) is 16.9. The lowest BCUT2D eigenvalue weighted by Crippen LogP contribution is -2.23. The van der Waals surface area contributed by atoms with Crippen molar-refractivity contribution in [2.45, 2.75) is 26.8 Å². The van der Waals surface area contributed by atoms with Crippen LogP contribution in [0.1, 0.15) is 20.3 Å². The predicted octanol–water partition coefficient (Wildman–Crippen LogP) is 2.93. The van der Waals surface area contributed by atoms with Crippen molar-refractivity contribution in [3.05, 3.63) is 52.9 Å². The fourth-order valence-electron chi connectivity index (χ4n) is 2.09. The van der Waals surface area contributed by atoms with E-state index in [2.05, 4.69) is 13.8 Å². The van der Waals surface area contributed by atoms with Crippen molar-refractivity contribution >= 4 is 5.69 Å². The number of pyridine rings is 1. The minimum absolute atomic E-state index is 0.0999. The van der Waals surface area contributed by atoms with Crippen LogP contribution in [-0.4, -0.2) is 17.8 Å². The topological polar surface area (TPSA) is 66.5 Å². The zero-order chi connectivity index (χ0) is 16.7. The highest BCUT2D eigenvalue weighted by molar-refractivity contribution is 5.43. The lowest BCUT2D eigenvalue weighted by atomic mass is 10.2. The Morgan fingerprint density at radius 1 is 1.17 bits per heavy atom. The van der Waals surface area contributed by atoms with Crippen molar-refractivity contribution in [2.75, 3.05) is 18.9 Å². The Hall–Kier alpha value is -2.43. The Bertz CT molecular complexity index is 680. The van der Waals surface area contributed by atoms with Crippen LogP contribution in [0.2, 0.25) is 0 Å². The average Bonchev–Trinajstić information content (AvgIpc) is 2.51. The molecule has 0 aliphatic carbocycles. The number of ether oxygens (including phenoxy) is 2. The number of nitrogen functional groups attached to an aromatic ring is 1. The fraction of sp³-hybridized carbons (Fsp3) is 0.389. The zero-order valence-corrected chi connectivity index (χ0v) is 13.7. The molecule has 5 nitrogen and oxygen atoms in total. The summed E-state index contributed by atoms with van der Waals surface area (Å²) in [6.45, 7) is 5.75. The monoisotopic (exact) mass is 316 g/mol. The molecule has 0 aliphatic rings. The molecule has 0 amide bonds. The van der Waals surface area contributed by atoms with E-state index in [9.17, 15) is 4.79 Å². The molecule has 2 N–H and O–H groups in total. The Morgan fingerprint density at radius 3 is 2.74 bits per heavy atom. The van der Waals surface area contributed by atoms with E-state index >= 15 is 0 Å². The Kier molecular flexibility index (Phi) is 6.09. The van der Waals surface area contributed by atoms with Gasteiger partial charge in [-0.15, -0.1) is 0 Å². The quantitative estimate of drug-likeness (QED) is 0.600. The second-order valence-corrected chi connectivity index (χ2v) is 5.85. The van der Waals surface area contributed by atoms with Crippen molar-refractivity contribution in [2.24, 2.45) is 5.92 Å². The number of hydrogen-bond donors (Lipinski definition) is 1. The zero-order valence-electron chi connectivity index (χ0n) is 13.7. The summed E-state index contributed by atoms with van der Waals surface area (Å²) in [5.41, 5.74) is 6.28. The van der Waals surface area contributed by atoms with Gasteiger partial charge in [-0.1, -0.05) is 19.9 Å². The van der Waals surface area contributed by atoms with E-state index in [1.165, 1.54) is 0 Å². The third-order valence-electron chi connectivity index (χ3n) is 3.23. The molecule has 1 aromatic carbocycles. The van der Waals surface area contributed by atoms with Gasteiger partial charge in [0.2, 0.25) is 0 Å². The van der Waals surface area contributed by atoms with Crippen LogP contribution >= 0.6 is 0 Å². The van der Waals surface area contributed by atoms with Gasteiger partial charge < -0.3 is 19.8 Å². The van der Waals surface area contributed by atoms with Gasteiger partial charge in [0.1, 0.15) is 5.75 Å². The maximum absolute atomic E-state index is 12.3. The second kappa shape index (κ2) is 8.27. The van der Waals surface area contributed by atoms with Gasteiger partial charge in [-0.05, 0) is 36.6 Å². The standard InChI is InChI=1S/C18H24N2O3/c1-14(2)13-23-17-8-4-9-20(18(17)21)10-5-11-22-16-7-3-6-15(19)12-16/h3-4,6-9,12,14H,5,10-11,13,19H2,1-2H3.